The molecule has 6 nitrogen and oxygen atoms in total. The monoisotopic (exact) mass is 331 g/mol. The predicted molar refractivity (Wildman–Crippen MR) is 92.4 cm³/mol. The molecule has 2 aromatic rings. The van der Waals surface area contributed by atoms with Crippen LogP contribution < -0.4 is 5.56 Å². The van der Waals surface area contributed by atoms with Gasteiger partial charge in [0.05, 0.1) is 24.5 Å². The van der Waals surface area contributed by atoms with Gasteiger partial charge in [-0.25, -0.2) is 4.68 Å². The van der Waals surface area contributed by atoms with Crippen LogP contribution in [0.5, 0.6) is 0 Å². The Hall–Kier alpha value is -1.89. The van der Waals surface area contributed by atoms with Crippen molar-refractivity contribution in [3.05, 3.63) is 51.9 Å². The fraction of sp³-hybridized carbons (Fsp3) is 0.500. The molecule has 6 heteroatoms. The van der Waals surface area contributed by atoms with Crippen molar-refractivity contribution in [3.8, 4) is 5.69 Å². The Balaban J connectivity index is 1.90. The quantitative estimate of drug-likeness (QED) is 0.905. The summed E-state index contributed by atoms with van der Waals surface area (Å²) >= 11 is 0. The standard InChI is InChI=1S/C18H25N3O3/c1-14-17(11-20-8-9-24-13-15(10-20)12-22)18(23)21(19(14)2)16-6-4-3-5-7-16/h3-7,15,22H,8-13H2,1-2H3. The molecular formula is C18H25N3O3. The number of benzene rings is 1. The molecule has 0 saturated carbocycles. The maximum atomic E-state index is 13.0. The molecular weight excluding hydrogens is 306 g/mol. The fourth-order valence-corrected chi connectivity index (χ4v) is 3.24. The summed E-state index contributed by atoms with van der Waals surface area (Å²) in [5, 5.41) is 9.43. The molecule has 0 aliphatic carbocycles. The minimum atomic E-state index is 0.0203. The van der Waals surface area contributed by atoms with Gasteiger partial charge in [-0.2, -0.15) is 0 Å². The maximum Gasteiger partial charge on any atom is 0.276 e. The van der Waals surface area contributed by atoms with Crippen LogP contribution in [0.4, 0.5) is 0 Å². The fourth-order valence-electron chi connectivity index (χ4n) is 3.24. The second-order valence-electron chi connectivity index (χ2n) is 6.40. The Kier molecular flexibility index (Phi) is 5.18. The van der Waals surface area contributed by atoms with E-state index in [-0.39, 0.29) is 18.1 Å². The summed E-state index contributed by atoms with van der Waals surface area (Å²) < 4.78 is 9.15. The molecule has 1 unspecified atom stereocenters. The van der Waals surface area contributed by atoms with Gasteiger partial charge < -0.3 is 9.84 Å². The first-order valence-electron chi connectivity index (χ1n) is 8.35. The van der Waals surface area contributed by atoms with Crippen LogP contribution in [-0.4, -0.2) is 52.3 Å². The third-order valence-corrected chi connectivity index (χ3v) is 4.74. The first kappa shape index (κ1) is 17.0. The number of para-hydroxylation sites is 1. The summed E-state index contributed by atoms with van der Waals surface area (Å²) in [5.41, 5.74) is 2.66. The van der Waals surface area contributed by atoms with Crippen LogP contribution in [0, 0.1) is 12.8 Å². The number of hydrogen-bond donors (Lipinski definition) is 1. The van der Waals surface area contributed by atoms with Crippen LogP contribution in [0.1, 0.15) is 11.3 Å². The van der Waals surface area contributed by atoms with Crippen LogP contribution in [0.25, 0.3) is 5.69 Å². The largest absolute Gasteiger partial charge is 0.396 e. The van der Waals surface area contributed by atoms with Crippen LogP contribution >= 0.6 is 0 Å². The highest BCUT2D eigenvalue weighted by atomic mass is 16.5. The molecule has 1 aromatic carbocycles. The van der Waals surface area contributed by atoms with E-state index < -0.39 is 0 Å². The smallest absolute Gasteiger partial charge is 0.276 e. The van der Waals surface area contributed by atoms with E-state index in [2.05, 4.69) is 4.90 Å². The number of aliphatic hydroxyl groups excluding tert-OH is 1. The van der Waals surface area contributed by atoms with E-state index in [1.165, 1.54) is 0 Å². The Bertz CT molecular complexity index is 736. The summed E-state index contributed by atoms with van der Waals surface area (Å²) in [5.74, 6) is 0.105. The Labute approximate surface area is 141 Å². The molecule has 0 bridgehead atoms. The number of hydrogen-bond acceptors (Lipinski definition) is 4. The minimum absolute atomic E-state index is 0.0203. The second kappa shape index (κ2) is 7.34. The zero-order chi connectivity index (χ0) is 17.1. The van der Waals surface area contributed by atoms with E-state index in [0.29, 0.717) is 19.8 Å². The summed E-state index contributed by atoms with van der Waals surface area (Å²) in [6.45, 7) is 5.40. The summed E-state index contributed by atoms with van der Waals surface area (Å²) in [6.07, 6.45) is 0. The molecule has 130 valence electrons. The van der Waals surface area contributed by atoms with Gasteiger partial charge in [0.15, 0.2) is 0 Å². The average Bonchev–Trinajstić information content (AvgIpc) is 2.78. The van der Waals surface area contributed by atoms with Gasteiger partial charge in [-0.15, -0.1) is 0 Å². The van der Waals surface area contributed by atoms with Crippen molar-refractivity contribution in [2.75, 3.05) is 32.9 Å². The molecule has 0 radical (unpaired) electrons. The Morgan fingerprint density at radius 3 is 2.75 bits per heavy atom. The van der Waals surface area contributed by atoms with Gasteiger partial charge in [0.2, 0.25) is 0 Å². The predicted octanol–water partition coefficient (Wildman–Crippen LogP) is 0.925. The zero-order valence-corrected chi connectivity index (χ0v) is 14.3. The highest BCUT2D eigenvalue weighted by Crippen LogP contribution is 2.14. The van der Waals surface area contributed by atoms with E-state index in [4.69, 9.17) is 4.74 Å². The molecule has 1 aliphatic heterocycles. The lowest BCUT2D eigenvalue weighted by Gasteiger charge is -2.21. The normalized spacial score (nSPS) is 19.4. The average molecular weight is 331 g/mol. The third-order valence-electron chi connectivity index (χ3n) is 4.74. The van der Waals surface area contributed by atoms with E-state index >= 15 is 0 Å². The number of rotatable bonds is 4. The summed E-state index contributed by atoms with van der Waals surface area (Å²) in [4.78, 5) is 15.2. The lowest BCUT2D eigenvalue weighted by Crippen LogP contribution is -2.33. The Morgan fingerprint density at radius 2 is 2.04 bits per heavy atom. The molecule has 1 aromatic heterocycles. The van der Waals surface area contributed by atoms with Gasteiger partial charge in [-0.05, 0) is 19.1 Å². The van der Waals surface area contributed by atoms with Crippen molar-refractivity contribution in [3.63, 3.8) is 0 Å². The van der Waals surface area contributed by atoms with Gasteiger partial charge in [0.25, 0.3) is 5.56 Å². The van der Waals surface area contributed by atoms with Crippen LogP contribution in [0.2, 0.25) is 0 Å². The highest BCUT2D eigenvalue weighted by Gasteiger charge is 2.22. The van der Waals surface area contributed by atoms with Gasteiger partial charge in [-0.1, -0.05) is 18.2 Å². The van der Waals surface area contributed by atoms with Gasteiger partial charge in [0, 0.05) is 44.9 Å². The van der Waals surface area contributed by atoms with Crippen LogP contribution in [0.3, 0.4) is 0 Å². The van der Waals surface area contributed by atoms with E-state index in [0.717, 1.165) is 30.0 Å². The lowest BCUT2D eigenvalue weighted by molar-refractivity contribution is 0.0958. The molecule has 1 aliphatic rings. The molecule has 0 amide bonds. The maximum absolute atomic E-state index is 13.0. The van der Waals surface area contributed by atoms with Crippen molar-refractivity contribution in [1.29, 1.82) is 0 Å². The van der Waals surface area contributed by atoms with Crippen LogP contribution in [-0.2, 0) is 18.3 Å². The van der Waals surface area contributed by atoms with Crippen LogP contribution in [0.15, 0.2) is 35.1 Å². The van der Waals surface area contributed by atoms with Crippen molar-refractivity contribution < 1.29 is 9.84 Å². The van der Waals surface area contributed by atoms with Crippen molar-refractivity contribution in [2.45, 2.75) is 13.5 Å². The zero-order valence-electron chi connectivity index (χ0n) is 14.3. The number of ether oxygens (including phenoxy) is 1. The molecule has 3 rings (SSSR count). The molecule has 1 N–H and O–H groups in total. The topological polar surface area (TPSA) is 59.6 Å². The summed E-state index contributed by atoms with van der Waals surface area (Å²) in [7, 11) is 1.91. The van der Waals surface area contributed by atoms with E-state index in [9.17, 15) is 9.90 Å². The number of aliphatic hydroxyl groups is 1. The SMILES string of the molecule is Cc1c(CN2CCOCC(CO)C2)c(=O)n(-c2ccccc2)n1C. The minimum Gasteiger partial charge on any atom is -0.396 e. The van der Waals surface area contributed by atoms with Gasteiger partial charge >= 0.3 is 0 Å². The third kappa shape index (κ3) is 3.31. The number of nitrogens with zero attached hydrogens (tertiary/aromatic N) is 3. The first-order valence-corrected chi connectivity index (χ1v) is 8.35. The Morgan fingerprint density at radius 1 is 1.29 bits per heavy atom. The van der Waals surface area contributed by atoms with Crippen molar-refractivity contribution in [2.24, 2.45) is 13.0 Å². The second-order valence-corrected chi connectivity index (χ2v) is 6.40. The highest BCUT2D eigenvalue weighted by molar-refractivity contribution is 5.33. The molecule has 24 heavy (non-hydrogen) atoms. The molecule has 1 fully saturated rings. The molecule has 0 spiro atoms. The molecule has 1 saturated heterocycles. The summed E-state index contributed by atoms with van der Waals surface area (Å²) in [6, 6.07) is 9.68. The lowest BCUT2D eigenvalue weighted by atomic mass is 10.1. The van der Waals surface area contributed by atoms with E-state index in [1.807, 2.05) is 49.0 Å². The van der Waals surface area contributed by atoms with E-state index in [1.54, 1.807) is 4.68 Å². The first-order chi connectivity index (χ1) is 11.6. The van der Waals surface area contributed by atoms with Crippen molar-refractivity contribution in [1.82, 2.24) is 14.3 Å². The van der Waals surface area contributed by atoms with Crippen molar-refractivity contribution >= 4 is 0 Å². The number of aromatic nitrogens is 2. The van der Waals surface area contributed by atoms with Gasteiger partial charge in [0.1, 0.15) is 0 Å². The molecule has 1 atom stereocenters. The van der Waals surface area contributed by atoms with Gasteiger partial charge in [-0.3, -0.25) is 14.4 Å². The molecule has 2 heterocycles.